The van der Waals surface area contributed by atoms with Gasteiger partial charge in [0.2, 0.25) is 0 Å². The first-order valence-corrected chi connectivity index (χ1v) is 9.37. The van der Waals surface area contributed by atoms with Crippen LogP contribution in [0.3, 0.4) is 0 Å². The van der Waals surface area contributed by atoms with Crippen LogP contribution in [0.1, 0.15) is 98.3 Å². The van der Waals surface area contributed by atoms with E-state index in [0.29, 0.717) is 0 Å². The molecule has 0 aliphatic heterocycles. The van der Waals surface area contributed by atoms with E-state index in [2.05, 4.69) is 20.8 Å². The van der Waals surface area contributed by atoms with Gasteiger partial charge in [-0.05, 0) is 25.7 Å². The minimum Gasteiger partial charge on any atom is -0.391 e. The second kappa shape index (κ2) is 14.8. The zero-order chi connectivity index (χ0) is 15.9. The Hall–Kier alpha value is -0.0800. The summed E-state index contributed by atoms with van der Waals surface area (Å²) in [5.41, 5.74) is 0. The smallest absolute Gasteiger partial charge is 0.0831 e. The zero-order valence-electron chi connectivity index (χ0n) is 15.1. The summed E-state index contributed by atoms with van der Waals surface area (Å²) in [6.07, 6.45) is 13.9. The van der Waals surface area contributed by atoms with Gasteiger partial charge in [-0.15, -0.1) is 0 Å². The van der Waals surface area contributed by atoms with Gasteiger partial charge in [0.05, 0.1) is 12.2 Å². The Morgan fingerprint density at radius 3 is 1.76 bits per heavy atom. The van der Waals surface area contributed by atoms with Gasteiger partial charge in [0.1, 0.15) is 0 Å². The molecule has 0 radical (unpaired) electrons. The second-order valence-corrected chi connectivity index (χ2v) is 6.95. The third-order valence-electron chi connectivity index (χ3n) is 4.12. The third-order valence-corrected chi connectivity index (χ3v) is 4.12. The van der Waals surface area contributed by atoms with Crippen LogP contribution in [0.5, 0.6) is 0 Å². The van der Waals surface area contributed by atoms with Crippen LogP contribution in [0, 0.1) is 5.92 Å². The molecule has 1 N–H and O–H groups in total. The van der Waals surface area contributed by atoms with Crippen molar-refractivity contribution in [3.05, 3.63) is 0 Å². The Morgan fingerprint density at radius 2 is 1.29 bits per heavy atom. The van der Waals surface area contributed by atoms with Crippen LogP contribution >= 0.6 is 0 Å². The summed E-state index contributed by atoms with van der Waals surface area (Å²) < 4.78 is 5.78. The van der Waals surface area contributed by atoms with Gasteiger partial charge in [-0.3, -0.25) is 0 Å². The van der Waals surface area contributed by atoms with Crippen LogP contribution in [-0.4, -0.2) is 23.9 Å². The Balaban J connectivity index is 3.25. The van der Waals surface area contributed by atoms with Gasteiger partial charge in [0.25, 0.3) is 0 Å². The number of hydrogen-bond acceptors (Lipinski definition) is 2. The predicted molar refractivity (Wildman–Crippen MR) is 92.7 cm³/mol. The van der Waals surface area contributed by atoms with Crippen LogP contribution in [0.4, 0.5) is 0 Å². The highest BCUT2D eigenvalue weighted by atomic mass is 16.5. The molecule has 0 fully saturated rings. The predicted octanol–water partition coefficient (Wildman–Crippen LogP) is 5.72. The van der Waals surface area contributed by atoms with Crippen molar-refractivity contribution in [1.29, 1.82) is 0 Å². The molecule has 0 saturated heterocycles. The zero-order valence-corrected chi connectivity index (χ0v) is 15.1. The molecule has 0 spiro atoms. The minimum absolute atomic E-state index is 0.0379. The Morgan fingerprint density at radius 1 is 0.762 bits per heavy atom. The molecule has 2 atom stereocenters. The fraction of sp³-hybridized carbons (Fsp3) is 1.00. The highest BCUT2D eigenvalue weighted by molar-refractivity contribution is 4.63. The summed E-state index contributed by atoms with van der Waals surface area (Å²) in [6.45, 7) is 9.40. The van der Waals surface area contributed by atoms with Gasteiger partial charge in [-0.1, -0.05) is 78.6 Å². The van der Waals surface area contributed by atoms with Gasteiger partial charge < -0.3 is 9.84 Å². The van der Waals surface area contributed by atoms with E-state index in [9.17, 15) is 5.11 Å². The average molecular weight is 301 g/mol. The summed E-state index contributed by atoms with van der Waals surface area (Å²) in [5.74, 6) is 0.864. The maximum absolute atomic E-state index is 9.60. The lowest BCUT2D eigenvalue weighted by Crippen LogP contribution is -2.26. The number of ether oxygens (including phenoxy) is 1. The molecule has 0 aromatic carbocycles. The Bertz CT molecular complexity index is 202. The molecule has 0 aromatic heterocycles. The molecular weight excluding hydrogens is 260 g/mol. The van der Waals surface area contributed by atoms with Crippen LogP contribution in [0.15, 0.2) is 0 Å². The summed E-state index contributed by atoms with van der Waals surface area (Å²) in [5, 5.41) is 9.60. The molecule has 0 rings (SSSR count). The second-order valence-electron chi connectivity index (χ2n) is 6.95. The van der Waals surface area contributed by atoms with Crippen molar-refractivity contribution < 1.29 is 9.84 Å². The van der Waals surface area contributed by atoms with Crippen molar-refractivity contribution in [2.75, 3.05) is 6.61 Å². The molecule has 21 heavy (non-hydrogen) atoms. The molecule has 0 aliphatic carbocycles. The number of unbranched alkanes of at least 4 members (excludes halogenated alkanes) is 7. The lowest BCUT2D eigenvalue weighted by molar-refractivity contribution is -0.0349. The fourth-order valence-corrected chi connectivity index (χ4v) is 2.70. The maximum Gasteiger partial charge on any atom is 0.0831 e. The lowest BCUT2D eigenvalue weighted by Gasteiger charge is -2.19. The largest absolute Gasteiger partial charge is 0.391 e. The molecule has 0 aromatic rings. The van der Waals surface area contributed by atoms with Crippen molar-refractivity contribution >= 4 is 0 Å². The van der Waals surface area contributed by atoms with Crippen molar-refractivity contribution in [3.8, 4) is 0 Å². The molecule has 2 nitrogen and oxygen atoms in total. The van der Waals surface area contributed by atoms with E-state index >= 15 is 0 Å². The summed E-state index contributed by atoms with van der Waals surface area (Å²) in [6, 6.07) is 0. The van der Waals surface area contributed by atoms with E-state index in [1.165, 1.54) is 51.4 Å². The van der Waals surface area contributed by atoms with Crippen LogP contribution < -0.4 is 0 Å². The minimum atomic E-state index is -0.337. The molecule has 0 saturated carbocycles. The van der Waals surface area contributed by atoms with E-state index in [1.807, 2.05) is 6.92 Å². The monoisotopic (exact) mass is 300 g/mol. The number of aliphatic hydroxyl groups is 1. The van der Waals surface area contributed by atoms with Crippen molar-refractivity contribution in [2.45, 2.75) is 111 Å². The number of rotatable bonds is 15. The molecule has 0 heterocycles. The SMILES string of the molecule is CCCC(OCCCCCCCCCCC(C)C)C(C)O. The first-order chi connectivity index (χ1) is 10.1. The molecule has 0 bridgehead atoms. The van der Waals surface area contributed by atoms with E-state index in [4.69, 9.17) is 4.74 Å². The van der Waals surface area contributed by atoms with E-state index < -0.39 is 0 Å². The van der Waals surface area contributed by atoms with Crippen molar-refractivity contribution in [2.24, 2.45) is 5.92 Å². The molecule has 0 amide bonds. The number of aliphatic hydroxyl groups excluding tert-OH is 1. The quantitative estimate of drug-likeness (QED) is 0.392. The normalized spacial score (nSPS) is 14.6. The first-order valence-electron chi connectivity index (χ1n) is 9.37. The standard InChI is InChI=1S/C19H40O2/c1-5-14-19(18(4)20)21-16-13-11-9-7-6-8-10-12-15-17(2)3/h17-20H,5-16H2,1-4H3. The van der Waals surface area contributed by atoms with Crippen molar-refractivity contribution in [3.63, 3.8) is 0 Å². The molecule has 0 aliphatic rings. The van der Waals surface area contributed by atoms with E-state index in [0.717, 1.165) is 31.8 Å². The summed E-state index contributed by atoms with van der Waals surface area (Å²) in [7, 11) is 0. The number of hydrogen-bond donors (Lipinski definition) is 1. The average Bonchev–Trinajstić information content (AvgIpc) is 2.42. The van der Waals surface area contributed by atoms with Crippen LogP contribution in [0.2, 0.25) is 0 Å². The fourth-order valence-electron chi connectivity index (χ4n) is 2.70. The third kappa shape index (κ3) is 14.6. The van der Waals surface area contributed by atoms with Gasteiger partial charge in [0, 0.05) is 6.61 Å². The van der Waals surface area contributed by atoms with Crippen LogP contribution in [0.25, 0.3) is 0 Å². The molecular formula is C19H40O2. The van der Waals surface area contributed by atoms with Crippen molar-refractivity contribution in [1.82, 2.24) is 0 Å². The van der Waals surface area contributed by atoms with Gasteiger partial charge in [-0.25, -0.2) is 0 Å². The van der Waals surface area contributed by atoms with Gasteiger partial charge >= 0.3 is 0 Å². The molecule has 2 unspecified atom stereocenters. The molecule has 128 valence electrons. The topological polar surface area (TPSA) is 29.5 Å². The Kier molecular flexibility index (Phi) is 14.8. The Labute approximate surface area is 133 Å². The highest BCUT2D eigenvalue weighted by Gasteiger charge is 2.13. The lowest BCUT2D eigenvalue weighted by atomic mass is 10.0. The van der Waals surface area contributed by atoms with E-state index in [1.54, 1.807) is 0 Å². The van der Waals surface area contributed by atoms with Gasteiger partial charge in [0.15, 0.2) is 0 Å². The summed E-state index contributed by atoms with van der Waals surface area (Å²) in [4.78, 5) is 0. The van der Waals surface area contributed by atoms with E-state index in [-0.39, 0.29) is 12.2 Å². The molecule has 2 heteroatoms. The highest BCUT2D eigenvalue weighted by Crippen LogP contribution is 2.13. The van der Waals surface area contributed by atoms with Crippen LogP contribution in [-0.2, 0) is 4.74 Å². The summed E-state index contributed by atoms with van der Waals surface area (Å²) >= 11 is 0. The first kappa shape index (κ1) is 20.9. The van der Waals surface area contributed by atoms with Gasteiger partial charge in [-0.2, -0.15) is 0 Å². The maximum atomic E-state index is 9.60.